The SMILES string of the molecule is COC(=O)C(C(=O)O)(C(=O)O)C1CCCc2nc(C(C)C)n(Cc3ccc(I)cc3)c21. The van der Waals surface area contributed by atoms with Crippen LogP contribution < -0.4 is 0 Å². The molecule has 1 aromatic carbocycles. The first kappa shape index (κ1) is 23.2. The number of carboxylic acids is 2. The highest BCUT2D eigenvalue weighted by molar-refractivity contribution is 14.1. The molecule has 1 aromatic heterocycles. The number of methoxy groups -OCH3 is 1. The zero-order chi connectivity index (χ0) is 22.9. The average Bonchev–Trinajstić information content (AvgIpc) is 3.09. The zero-order valence-corrected chi connectivity index (χ0v) is 19.7. The van der Waals surface area contributed by atoms with Gasteiger partial charge in [-0.2, -0.15) is 0 Å². The predicted molar refractivity (Wildman–Crippen MR) is 120 cm³/mol. The number of hydrogen-bond acceptors (Lipinski definition) is 5. The molecular weight excluding hydrogens is 515 g/mol. The molecule has 0 fully saturated rings. The smallest absolute Gasteiger partial charge is 0.335 e. The number of rotatable bonds is 7. The maximum absolute atomic E-state index is 12.7. The van der Waals surface area contributed by atoms with Gasteiger partial charge in [-0.1, -0.05) is 26.0 Å². The van der Waals surface area contributed by atoms with Gasteiger partial charge < -0.3 is 19.5 Å². The molecule has 8 nitrogen and oxygen atoms in total. The zero-order valence-electron chi connectivity index (χ0n) is 17.6. The highest BCUT2D eigenvalue weighted by Gasteiger charge is 2.62. The maximum Gasteiger partial charge on any atom is 0.335 e. The first-order valence-electron chi connectivity index (χ1n) is 10.0. The topological polar surface area (TPSA) is 119 Å². The van der Waals surface area contributed by atoms with E-state index in [1.54, 1.807) is 0 Å². The van der Waals surface area contributed by atoms with Gasteiger partial charge in [-0.05, 0) is 59.5 Å². The Bertz CT molecular complexity index is 998. The monoisotopic (exact) mass is 540 g/mol. The number of benzene rings is 1. The van der Waals surface area contributed by atoms with E-state index in [1.165, 1.54) is 0 Å². The third-order valence-corrected chi connectivity index (χ3v) is 6.54. The molecule has 31 heavy (non-hydrogen) atoms. The van der Waals surface area contributed by atoms with Crippen molar-refractivity contribution in [2.45, 2.75) is 51.5 Å². The second kappa shape index (κ2) is 8.97. The van der Waals surface area contributed by atoms with Crippen LogP contribution in [0, 0.1) is 8.99 Å². The lowest BCUT2D eigenvalue weighted by molar-refractivity contribution is -0.180. The Hall–Kier alpha value is -2.43. The van der Waals surface area contributed by atoms with E-state index in [1.807, 2.05) is 42.7 Å². The second-order valence-corrected chi connectivity index (χ2v) is 9.27. The number of ether oxygens (including phenoxy) is 1. The standard InChI is InChI=1S/C22H25IN2O6/c1-12(2)18-24-16-6-4-5-15(22(19(26)27,20(28)29)21(30)31-3)17(16)25(18)11-13-7-9-14(23)10-8-13/h7-10,12,15H,4-6,11H2,1-3H3,(H,26,27)(H,28,29). The van der Waals surface area contributed by atoms with E-state index in [9.17, 15) is 24.6 Å². The van der Waals surface area contributed by atoms with Crippen LogP contribution in [-0.4, -0.2) is 44.8 Å². The second-order valence-electron chi connectivity index (χ2n) is 8.02. The van der Waals surface area contributed by atoms with Crippen LogP contribution in [0.4, 0.5) is 0 Å². The summed E-state index contributed by atoms with van der Waals surface area (Å²) in [5.41, 5.74) is -0.603. The number of imidazole rings is 1. The number of aryl methyl sites for hydroxylation is 1. The normalized spacial score (nSPS) is 16.1. The van der Waals surface area contributed by atoms with Gasteiger partial charge in [0.15, 0.2) is 0 Å². The van der Waals surface area contributed by atoms with E-state index in [-0.39, 0.29) is 12.3 Å². The number of carbonyl (C=O) groups is 3. The van der Waals surface area contributed by atoms with Crippen LogP contribution in [0.3, 0.4) is 0 Å². The van der Waals surface area contributed by atoms with Crippen molar-refractivity contribution in [1.82, 2.24) is 9.55 Å². The summed E-state index contributed by atoms with van der Waals surface area (Å²) in [5, 5.41) is 20.0. The molecular formula is C22H25IN2O6. The highest BCUT2D eigenvalue weighted by atomic mass is 127. The van der Waals surface area contributed by atoms with Crippen molar-refractivity contribution in [3.63, 3.8) is 0 Å². The summed E-state index contributed by atoms with van der Waals surface area (Å²) < 4.78 is 7.68. The molecule has 9 heteroatoms. The molecule has 166 valence electrons. The highest BCUT2D eigenvalue weighted by Crippen LogP contribution is 2.46. The molecule has 0 spiro atoms. The summed E-state index contributed by atoms with van der Waals surface area (Å²) in [4.78, 5) is 42.0. The van der Waals surface area contributed by atoms with Crippen molar-refractivity contribution in [2.24, 2.45) is 5.41 Å². The fraction of sp³-hybridized carbons (Fsp3) is 0.455. The number of carbonyl (C=O) groups excluding carboxylic acids is 1. The minimum absolute atomic E-state index is 0.0253. The summed E-state index contributed by atoms with van der Waals surface area (Å²) in [5.74, 6) is -5.06. The molecule has 1 heterocycles. The van der Waals surface area contributed by atoms with E-state index >= 15 is 0 Å². The van der Waals surface area contributed by atoms with Gasteiger partial charge in [-0.3, -0.25) is 14.4 Å². The molecule has 2 aromatic rings. The van der Waals surface area contributed by atoms with Gasteiger partial charge in [0.1, 0.15) is 5.82 Å². The number of halogens is 1. The molecule has 0 amide bonds. The maximum atomic E-state index is 12.7. The fourth-order valence-corrected chi connectivity index (χ4v) is 4.75. The van der Waals surface area contributed by atoms with E-state index in [0.29, 0.717) is 30.8 Å². The molecule has 1 aliphatic rings. The molecule has 0 radical (unpaired) electrons. The molecule has 0 saturated heterocycles. The van der Waals surface area contributed by atoms with Crippen molar-refractivity contribution in [1.29, 1.82) is 0 Å². The van der Waals surface area contributed by atoms with E-state index in [2.05, 4.69) is 22.6 Å². The van der Waals surface area contributed by atoms with E-state index in [4.69, 9.17) is 9.72 Å². The quantitative estimate of drug-likeness (QED) is 0.314. The Morgan fingerprint density at radius 3 is 2.35 bits per heavy atom. The van der Waals surface area contributed by atoms with Crippen LogP contribution in [-0.2, 0) is 32.1 Å². The first-order valence-corrected chi connectivity index (χ1v) is 11.1. The van der Waals surface area contributed by atoms with Gasteiger partial charge in [-0.15, -0.1) is 0 Å². The average molecular weight is 540 g/mol. The molecule has 2 N–H and O–H groups in total. The lowest BCUT2D eigenvalue weighted by atomic mass is 9.68. The van der Waals surface area contributed by atoms with Crippen LogP contribution in [0.1, 0.15) is 61.3 Å². The Morgan fingerprint density at radius 1 is 1.23 bits per heavy atom. The van der Waals surface area contributed by atoms with Crippen molar-refractivity contribution >= 4 is 40.5 Å². The number of aromatic nitrogens is 2. The summed E-state index contributed by atoms with van der Waals surface area (Å²) in [6, 6.07) is 7.88. The van der Waals surface area contributed by atoms with Gasteiger partial charge >= 0.3 is 17.9 Å². The molecule has 3 rings (SSSR count). The summed E-state index contributed by atoms with van der Waals surface area (Å²) in [7, 11) is 1.01. The summed E-state index contributed by atoms with van der Waals surface area (Å²) >= 11 is 2.22. The number of aliphatic carboxylic acids is 2. The van der Waals surface area contributed by atoms with Gasteiger partial charge in [0.25, 0.3) is 5.41 Å². The van der Waals surface area contributed by atoms with Crippen LogP contribution >= 0.6 is 22.6 Å². The van der Waals surface area contributed by atoms with Crippen molar-refractivity contribution in [3.05, 3.63) is 50.6 Å². The van der Waals surface area contributed by atoms with Gasteiger partial charge in [0.2, 0.25) is 0 Å². The van der Waals surface area contributed by atoms with Gasteiger partial charge in [-0.25, -0.2) is 4.98 Å². The van der Waals surface area contributed by atoms with Crippen molar-refractivity contribution in [3.8, 4) is 0 Å². The molecule has 0 aliphatic heterocycles. The van der Waals surface area contributed by atoms with E-state index in [0.717, 1.165) is 22.1 Å². The van der Waals surface area contributed by atoms with Gasteiger partial charge in [0.05, 0.1) is 12.8 Å². The minimum atomic E-state index is -2.73. The summed E-state index contributed by atoms with van der Waals surface area (Å²) in [6.07, 6.45) is 1.37. The number of fused-ring (bicyclic) bond motifs is 1. The molecule has 1 unspecified atom stereocenters. The van der Waals surface area contributed by atoms with E-state index < -0.39 is 29.2 Å². The van der Waals surface area contributed by atoms with Gasteiger partial charge in [0, 0.05) is 27.6 Å². The lowest BCUT2D eigenvalue weighted by Gasteiger charge is -2.34. The van der Waals surface area contributed by atoms with Crippen molar-refractivity contribution < 1.29 is 29.3 Å². The van der Waals surface area contributed by atoms with Crippen LogP contribution in [0.25, 0.3) is 0 Å². The number of hydrogen-bond donors (Lipinski definition) is 2. The fourth-order valence-electron chi connectivity index (χ4n) is 4.39. The number of nitrogens with zero attached hydrogens (tertiary/aromatic N) is 2. The van der Waals surface area contributed by atoms with Crippen molar-refractivity contribution in [2.75, 3.05) is 7.11 Å². The third-order valence-electron chi connectivity index (χ3n) is 5.82. The van der Waals surface area contributed by atoms with Crippen LogP contribution in [0.5, 0.6) is 0 Å². The molecule has 0 saturated carbocycles. The number of esters is 1. The summed E-state index contributed by atoms with van der Waals surface area (Å²) in [6.45, 7) is 4.37. The Balaban J connectivity index is 2.25. The Labute approximate surface area is 193 Å². The molecule has 0 bridgehead atoms. The Kier molecular flexibility index (Phi) is 6.73. The third kappa shape index (κ3) is 3.95. The van der Waals surface area contributed by atoms with Crippen LogP contribution in [0.15, 0.2) is 24.3 Å². The number of carboxylic acid groups (broad SMARTS) is 2. The van der Waals surface area contributed by atoms with Crippen LogP contribution in [0.2, 0.25) is 0 Å². The lowest BCUT2D eigenvalue weighted by Crippen LogP contribution is -2.52. The predicted octanol–water partition coefficient (Wildman–Crippen LogP) is 3.41. The first-order chi connectivity index (χ1) is 14.6. The molecule has 1 atom stereocenters. The Morgan fingerprint density at radius 2 is 1.84 bits per heavy atom. The minimum Gasteiger partial charge on any atom is -0.480 e. The molecule has 1 aliphatic carbocycles. The largest absolute Gasteiger partial charge is 0.480 e.